The quantitative estimate of drug-likeness (QED) is 0.116. The van der Waals surface area contributed by atoms with Gasteiger partial charge in [-0.05, 0) is 100 Å². The molecule has 0 aliphatic rings. The van der Waals surface area contributed by atoms with Crippen LogP contribution in [0.5, 0.6) is 11.5 Å². The molecule has 0 bridgehead atoms. The van der Waals surface area contributed by atoms with Crippen LogP contribution in [0.25, 0.3) is 0 Å². The molecule has 0 aliphatic heterocycles. The number of aliphatic hydroxyl groups is 2. The van der Waals surface area contributed by atoms with Gasteiger partial charge in [0.15, 0.2) is 11.5 Å². The maximum absolute atomic E-state index is 12.1. The fourth-order valence-corrected chi connectivity index (χ4v) is 6.79. The van der Waals surface area contributed by atoms with Crippen molar-refractivity contribution in [2.24, 2.45) is 0 Å². The molecule has 206 valence electrons. The van der Waals surface area contributed by atoms with Crippen molar-refractivity contribution < 1.29 is 38.7 Å². The molecule has 0 fully saturated rings. The van der Waals surface area contributed by atoms with Crippen LogP contribution < -0.4 is 9.47 Å². The molecule has 3 rings (SSSR count). The molecule has 2 atom stereocenters. The molecule has 0 radical (unpaired) electrons. The fraction of sp³-hybridized carbons (Fsp3) is 0.333. The molecule has 0 saturated heterocycles. The van der Waals surface area contributed by atoms with Crippen molar-refractivity contribution in [3.63, 3.8) is 0 Å². The predicted molar refractivity (Wildman–Crippen MR) is 159 cm³/mol. The van der Waals surface area contributed by atoms with Gasteiger partial charge in [0.2, 0.25) is 0 Å². The number of halogens is 4. The second-order valence-corrected chi connectivity index (χ2v) is 13.7. The van der Waals surface area contributed by atoms with Crippen LogP contribution in [0.4, 0.5) is 0 Å². The largest absolute Gasteiger partial charge is 0.488 e. The average Bonchev–Trinajstić information content (AvgIpc) is 3.59. The first-order chi connectivity index (χ1) is 17.8. The van der Waals surface area contributed by atoms with Gasteiger partial charge in [-0.1, -0.05) is 12.1 Å². The highest BCUT2D eigenvalue weighted by Gasteiger charge is 2.30. The van der Waals surface area contributed by atoms with Crippen LogP contribution in [0, 0.1) is 0 Å². The standard InChI is InChI=1S/C24H22Br4O8S2/c1-23(31,11-35-21(29)13-5-3-7-37-13)9-33-19-16(26)15(25)17(27)20(18(19)28)34-10-24(2,32)12-36-22(30)14-6-4-8-38-14/h3-8,31-32H,9-12H2,1-2H3. The number of esters is 2. The number of carbonyl (C=O) groups is 2. The first kappa shape index (κ1) is 31.5. The summed E-state index contributed by atoms with van der Waals surface area (Å²) in [7, 11) is 0. The van der Waals surface area contributed by atoms with Gasteiger partial charge >= 0.3 is 11.9 Å². The van der Waals surface area contributed by atoms with Gasteiger partial charge in [-0.25, -0.2) is 9.59 Å². The van der Waals surface area contributed by atoms with E-state index < -0.39 is 23.1 Å². The van der Waals surface area contributed by atoms with Crippen molar-refractivity contribution in [1.82, 2.24) is 0 Å². The van der Waals surface area contributed by atoms with Gasteiger partial charge in [-0.15, -0.1) is 22.7 Å². The highest BCUT2D eigenvalue weighted by Crippen LogP contribution is 2.50. The Hall–Kier alpha value is -1.00. The first-order valence-electron chi connectivity index (χ1n) is 10.8. The number of hydrogen-bond acceptors (Lipinski definition) is 10. The molecule has 8 nitrogen and oxygen atoms in total. The van der Waals surface area contributed by atoms with E-state index in [1.54, 1.807) is 35.0 Å². The summed E-state index contributed by atoms with van der Waals surface area (Å²) >= 11 is 16.3. The van der Waals surface area contributed by atoms with Gasteiger partial charge < -0.3 is 29.2 Å². The second-order valence-electron chi connectivity index (χ2n) is 8.59. The number of hydrogen-bond donors (Lipinski definition) is 2. The summed E-state index contributed by atoms with van der Waals surface area (Å²) in [5.74, 6) is -0.469. The molecular formula is C24H22Br4O8S2. The number of carbonyl (C=O) groups excluding carboxylic acids is 2. The van der Waals surface area contributed by atoms with Crippen LogP contribution in [0.15, 0.2) is 52.9 Å². The summed E-state index contributed by atoms with van der Waals surface area (Å²) in [5, 5.41) is 25.0. The van der Waals surface area contributed by atoms with Crippen LogP contribution in [0.1, 0.15) is 33.2 Å². The van der Waals surface area contributed by atoms with Crippen molar-refractivity contribution >= 4 is 98.3 Å². The molecule has 1 aromatic carbocycles. The second kappa shape index (κ2) is 13.6. The van der Waals surface area contributed by atoms with Gasteiger partial charge in [0.1, 0.15) is 51.9 Å². The average molecular weight is 822 g/mol. The third kappa shape index (κ3) is 8.50. The molecule has 0 aliphatic carbocycles. The van der Waals surface area contributed by atoms with Gasteiger partial charge in [-0.3, -0.25) is 0 Å². The lowest BCUT2D eigenvalue weighted by atomic mass is 10.1. The molecule has 2 unspecified atom stereocenters. The minimum atomic E-state index is -1.50. The summed E-state index contributed by atoms with van der Waals surface area (Å²) < 4.78 is 24.2. The maximum Gasteiger partial charge on any atom is 0.348 e. The molecule has 3 aromatic rings. The highest BCUT2D eigenvalue weighted by atomic mass is 79.9. The van der Waals surface area contributed by atoms with E-state index in [1.165, 1.54) is 36.5 Å². The normalized spacial score (nSPS) is 14.3. The Morgan fingerprint density at radius 3 is 1.45 bits per heavy atom. The minimum absolute atomic E-state index is 0.216. The van der Waals surface area contributed by atoms with Crippen LogP contribution in [-0.2, 0) is 9.47 Å². The van der Waals surface area contributed by atoms with Crippen LogP contribution in [-0.4, -0.2) is 59.8 Å². The van der Waals surface area contributed by atoms with Crippen LogP contribution in [0.3, 0.4) is 0 Å². The van der Waals surface area contributed by atoms with E-state index in [4.69, 9.17) is 18.9 Å². The van der Waals surface area contributed by atoms with Gasteiger partial charge in [0.05, 0.1) is 13.4 Å². The van der Waals surface area contributed by atoms with Crippen molar-refractivity contribution in [2.45, 2.75) is 25.0 Å². The van der Waals surface area contributed by atoms with Gasteiger partial charge in [0, 0.05) is 0 Å². The zero-order valence-corrected chi connectivity index (χ0v) is 27.9. The topological polar surface area (TPSA) is 112 Å². The Morgan fingerprint density at radius 2 is 1.11 bits per heavy atom. The molecule has 14 heteroatoms. The molecule has 0 spiro atoms. The molecule has 2 heterocycles. The smallest absolute Gasteiger partial charge is 0.348 e. The molecule has 38 heavy (non-hydrogen) atoms. The first-order valence-corrected chi connectivity index (χ1v) is 15.7. The van der Waals surface area contributed by atoms with Crippen molar-refractivity contribution in [1.29, 1.82) is 0 Å². The third-order valence-corrected chi connectivity index (χ3v) is 10.5. The Balaban J connectivity index is 1.65. The van der Waals surface area contributed by atoms with E-state index in [1.807, 2.05) is 0 Å². The van der Waals surface area contributed by atoms with E-state index in [-0.39, 0.29) is 26.4 Å². The molecule has 2 N–H and O–H groups in total. The maximum atomic E-state index is 12.1. The summed E-state index contributed by atoms with van der Waals surface area (Å²) in [6, 6.07) is 6.75. The Kier molecular flexibility index (Phi) is 11.3. The van der Waals surface area contributed by atoms with Crippen molar-refractivity contribution in [2.75, 3.05) is 26.4 Å². The monoisotopic (exact) mass is 818 g/mol. The SMILES string of the molecule is CC(O)(COC(=O)c1cccs1)COc1c(Br)c(Br)c(Br)c(OCC(C)(O)COC(=O)c2cccs2)c1Br. The van der Waals surface area contributed by atoms with E-state index in [0.29, 0.717) is 39.1 Å². The minimum Gasteiger partial charge on any atom is -0.488 e. The van der Waals surface area contributed by atoms with E-state index in [9.17, 15) is 19.8 Å². The molecule has 0 saturated carbocycles. The number of thiophene rings is 2. The highest BCUT2D eigenvalue weighted by molar-refractivity contribution is 9.14. The Bertz CT molecular complexity index is 1170. The third-order valence-electron chi connectivity index (χ3n) is 4.71. The van der Waals surface area contributed by atoms with Crippen LogP contribution >= 0.6 is 86.4 Å². The van der Waals surface area contributed by atoms with Crippen molar-refractivity contribution in [3.8, 4) is 11.5 Å². The summed E-state index contributed by atoms with van der Waals surface area (Å²) in [6.07, 6.45) is 0. The van der Waals surface area contributed by atoms with E-state index in [0.717, 1.165) is 0 Å². The van der Waals surface area contributed by atoms with Crippen molar-refractivity contribution in [3.05, 3.63) is 62.7 Å². The predicted octanol–water partition coefficient (Wildman–Crippen LogP) is 6.83. The zero-order valence-electron chi connectivity index (χ0n) is 20.0. The lowest BCUT2D eigenvalue weighted by Crippen LogP contribution is -2.39. The summed E-state index contributed by atoms with van der Waals surface area (Å²) in [5.41, 5.74) is -3.00. The van der Waals surface area contributed by atoms with E-state index in [2.05, 4.69) is 63.7 Å². The fourth-order valence-electron chi connectivity index (χ4n) is 2.76. The summed E-state index contributed by atoms with van der Waals surface area (Å²) in [4.78, 5) is 25.1. The van der Waals surface area contributed by atoms with Gasteiger partial charge in [0.25, 0.3) is 0 Å². The number of rotatable bonds is 12. The zero-order chi connectivity index (χ0) is 28.1. The Morgan fingerprint density at radius 1 is 0.711 bits per heavy atom. The molecule has 0 amide bonds. The lowest BCUT2D eigenvalue weighted by Gasteiger charge is -2.26. The van der Waals surface area contributed by atoms with Crippen LogP contribution in [0.2, 0.25) is 0 Å². The lowest BCUT2D eigenvalue weighted by molar-refractivity contribution is -0.0466. The Labute approximate surface area is 260 Å². The van der Waals surface area contributed by atoms with E-state index >= 15 is 0 Å². The van der Waals surface area contributed by atoms with Gasteiger partial charge in [-0.2, -0.15) is 0 Å². The molecule has 2 aromatic heterocycles. The number of benzene rings is 1. The molecular weight excluding hydrogens is 800 g/mol. The summed E-state index contributed by atoms with van der Waals surface area (Å²) in [6.45, 7) is 1.96. The number of ether oxygens (including phenoxy) is 4.